The van der Waals surface area contributed by atoms with E-state index in [2.05, 4.69) is 61.1 Å². The molecule has 0 aliphatic carbocycles. The molecule has 0 spiro atoms. The lowest BCUT2D eigenvalue weighted by Gasteiger charge is -2.31. The van der Waals surface area contributed by atoms with Gasteiger partial charge >= 0.3 is 0 Å². The summed E-state index contributed by atoms with van der Waals surface area (Å²) in [6.07, 6.45) is 2.70. The Morgan fingerprint density at radius 3 is 1.43 bits per heavy atom. The van der Waals surface area contributed by atoms with Crippen LogP contribution in [0.25, 0.3) is 0 Å². The van der Waals surface area contributed by atoms with E-state index < -0.39 is 0 Å². The quantitative estimate of drug-likeness (QED) is 0.621. The third kappa shape index (κ3) is 4.21. The number of nitrogens with zero attached hydrogens (tertiary/aromatic N) is 4. The fraction of sp³-hybridized carbons (Fsp3) is 0.917. The molecule has 4 atom stereocenters. The Kier molecular flexibility index (Phi) is 6.23. The van der Waals surface area contributed by atoms with Crippen LogP contribution in [0.15, 0.2) is 11.1 Å². The van der Waals surface area contributed by atoms with Gasteiger partial charge in [-0.15, -0.1) is 0 Å². The van der Waals surface area contributed by atoms with Crippen LogP contribution >= 0.6 is 0 Å². The van der Waals surface area contributed by atoms with E-state index in [1.54, 1.807) is 11.1 Å². The first kappa shape index (κ1) is 20.8. The van der Waals surface area contributed by atoms with E-state index in [-0.39, 0.29) is 0 Å². The summed E-state index contributed by atoms with van der Waals surface area (Å²) in [4.78, 5) is 10.9. The minimum absolute atomic E-state index is 0.685. The second kappa shape index (κ2) is 8.37. The van der Waals surface area contributed by atoms with E-state index in [0.717, 1.165) is 30.0 Å². The minimum Gasteiger partial charge on any atom is -0.300 e. The van der Waals surface area contributed by atoms with Crippen molar-refractivity contribution in [1.82, 2.24) is 19.6 Å². The third-order valence-corrected chi connectivity index (χ3v) is 8.33. The highest BCUT2D eigenvalue weighted by Gasteiger charge is 2.41. The van der Waals surface area contributed by atoms with Crippen LogP contribution in [0.4, 0.5) is 0 Å². The summed E-state index contributed by atoms with van der Waals surface area (Å²) >= 11 is 0. The van der Waals surface area contributed by atoms with Gasteiger partial charge < -0.3 is 4.90 Å². The SMILES string of the molecule is CC(C)N1CC2=C(C1)CN(C(C)CCC(C)N1CC3CN(C(C)C)CC3C1)C2. The van der Waals surface area contributed by atoms with Crippen molar-refractivity contribution in [2.75, 3.05) is 52.4 Å². The number of fused-ring (bicyclic) bond motifs is 1. The zero-order valence-corrected chi connectivity index (χ0v) is 19.3. The molecule has 4 heteroatoms. The average molecular weight is 389 g/mol. The fourth-order valence-corrected chi connectivity index (χ4v) is 6.01. The monoisotopic (exact) mass is 388 g/mol. The molecule has 4 nitrogen and oxygen atoms in total. The minimum atomic E-state index is 0.685. The molecule has 4 rings (SSSR count). The molecule has 0 aromatic heterocycles. The first-order valence-corrected chi connectivity index (χ1v) is 12.0. The summed E-state index contributed by atoms with van der Waals surface area (Å²) in [5, 5.41) is 0. The molecule has 0 aromatic carbocycles. The van der Waals surface area contributed by atoms with Gasteiger partial charge in [-0.3, -0.25) is 14.7 Å². The summed E-state index contributed by atoms with van der Waals surface area (Å²) < 4.78 is 0. The number of likely N-dealkylation sites (tertiary alicyclic amines) is 2. The van der Waals surface area contributed by atoms with Gasteiger partial charge in [0, 0.05) is 76.5 Å². The molecule has 0 aromatic rings. The van der Waals surface area contributed by atoms with Gasteiger partial charge in [0.2, 0.25) is 0 Å². The lowest BCUT2D eigenvalue weighted by molar-refractivity contribution is 0.171. The molecule has 160 valence electrons. The smallest absolute Gasteiger partial charge is 0.0215 e. The highest BCUT2D eigenvalue weighted by Crippen LogP contribution is 2.34. The van der Waals surface area contributed by atoms with Gasteiger partial charge in [-0.1, -0.05) is 0 Å². The van der Waals surface area contributed by atoms with Crippen molar-refractivity contribution in [1.29, 1.82) is 0 Å². The van der Waals surface area contributed by atoms with Crippen LogP contribution in [0.5, 0.6) is 0 Å². The zero-order chi connectivity index (χ0) is 20.0. The first-order chi connectivity index (χ1) is 13.3. The van der Waals surface area contributed by atoms with Crippen LogP contribution in [-0.4, -0.2) is 96.1 Å². The summed E-state index contributed by atoms with van der Waals surface area (Å²) in [5.74, 6) is 1.86. The van der Waals surface area contributed by atoms with Gasteiger partial charge in [0.25, 0.3) is 0 Å². The molecule has 0 N–H and O–H groups in total. The van der Waals surface area contributed by atoms with Gasteiger partial charge in [0.05, 0.1) is 0 Å². The Morgan fingerprint density at radius 1 is 0.571 bits per heavy atom. The van der Waals surface area contributed by atoms with Crippen molar-refractivity contribution in [3.63, 3.8) is 0 Å². The van der Waals surface area contributed by atoms with Gasteiger partial charge in [-0.25, -0.2) is 0 Å². The van der Waals surface area contributed by atoms with Crippen molar-refractivity contribution in [3.8, 4) is 0 Å². The Balaban J connectivity index is 1.18. The molecular formula is C24H44N4. The molecule has 0 bridgehead atoms. The van der Waals surface area contributed by atoms with Crippen LogP contribution in [0.2, 0.25) is 0 Å². The molecule has 4 aliphatic heterocycles. The van der Waals surface area contributed by atoms with Gasteiger partial charge in [0.15, 0.2) is 0 Å². The maximum absolute atomic E-state index is 2.81. The molecule has 2 saturated heterocycles. The molecular weight excluding hydrogens is 344 g/mol. The molecule has 2 fully saturated rings. The third-order valence-electron chi connectivity index (χ3n) is 8.33. The largest absolute Gasteiger partial charge is 0.300 e. The number of rotatable bonds is 7. The van der Waals surface area contributed by atoms with Crippen molar-refractivity contribution in [2.24, 2.45) is 11.8 Å². The Bertz CT molecular complexity index is 537. The maximum atomic E-state index is 2.81. The lowest BCUT2D eigenvalue weighted by atomic mass is 10.0. The maximum Gasteiger partial charge on any atom is 0.0215 e. The van der Waals surface area contributed by atoms with Gasteiger partial charge in [-0.05, 0) is 77.4 Å². The van der Waals surface area contributed by atoms with E-state index in [9.17, 15) is 0 Å². The topological polar surface area (TPSA) is 13.0 Å². The van der Waals surface area contributed by atoms with Crippen molar-refractivity contribution < 1.29 is 0 Å². The number of hydrogen-bond donors (Lipinski definition) is 0. The lowest BCUT2D eigenvalue weighted by Crippen LogP contribution is -2.39. The number of hydrogen-bond acceptors (Lipinski definition) is 4. The molecule has 0 saturated carbocycles. The van der Waals surface area contributed by atoms with Crippen molar-refractivity contribution in [2.45, 2.75) is 78.6 Å². The summed E-state index contributed by atoms with van der Waals surface area (Å²) in [6.45, 7) is 24.6. The average Bonchev–Trinajstić information content (AvgIpc) is 3.35. The molecule has 4 unspecified atom stereocenters. The van der Waals surface area contributed by atoms with Gasteiger partial charge in [0.1, 0.15) is 0 Å². The summed E-state index contributed by atoms with van der Waals surface area (Å²) in [6, 6.07) is 2.88. The van der Waals surface area contributed by atoms with Crippen LogP contribution in [0.1, 0.15) is 54.4 Å². The first-order valence-electron chi connectivity index (χ1n) is 12.0. The van der Waals surface area contributed by atoms with E-state index in [1.165, 1.54) is 65.2 Å². The Hall–Kier alpha value is -0.420. The van der Waals surface area contributed by atoms with Crippen molar-refractivity contribution >= 4 is 0 Å². The predicted octanol–water partition coefficient (Wildman–Crippen LogP) is 3.15. The predicted molar refractivity (Wildman–Crippen MR) is 119 cm³/mol. The molecule has 4 heterocycles. The normalized spacial score (nSPS) is 32.1. The molecule has 28 heavy (non-hydrogen) atoms. The van der Waals surface area contributed by atoms with Crippen LogP contribution in [0, 0.1) is 11.8 Å². The Morgan fingerprint density at radius 2 is 0.964 bits per heavy atom. The fourth-order valence-electron chi connectivity index (χ4n) is 6.01. The summed E-state index contributed by atoms with van der Waals surface area (Å²) in [5.41, 5.74) is 3.46. The molecule has 0 amide bonds. The standard InChI is InChI=1S/C24H44N4/c1-17(2)25-9-21-13-27(14-22(21)10-25)19(5)7-8-20(6)28-15-23-11-26(18(3)4)12-24(23)16-28/h17-22H,7-16H2,1-6H3. The van der Waals surface area contributed by atoms with Crippen molar-refractivity contribution in [3.05, 3.63) is 11.1 Å². The van der Waals surface area contributed by atoms with Crippen LogP contribution in [0.3, 0.4) is 0 Å². The van der Waals surface area contributed by atoms with E-state index >= 15 is 0 Å². The van der Waals surface area contributed by atoms with Gasteiger partial charge in [-0.2, -0.15) is 0 Å². The molecule has 0 radical (unpaired) electrons. The second-order valence-electron chi connectivity index (χ2n) is 10.9. The van der Waals surface area contributed by atoms with E-state index in [4.69, 9.17) is 0 Å². The highest BCUT2D eigenvalue weighted by molar-refractivity contribution is 5.30. The van der Waals surface area contributed by atoms with E-state index in [1.807, 2.05) is 0 Å². The Labute approximate surface area is 173 Å². The summed E-state index contributed by atoms with van der Waals surface area (Å²) in [7, 11) is 0. The van der Waals surface area contributed by atoms with Crippen LogP contribution < -0.4 is 0 Å². The highest BCUT2D eigenvalue weighted by atomic mass is 15.3. The zero-order valence-electron chi connectivity index (χ0n) is 19.3. The second-order valence-corrected chi connectivity index (χ2v) is 10.9. The molecule has 4 aliphatic rings. The van der Waals surface area contributed by atoms with Crippen LogP contribution in [-0.2, 0) is 0 Å². The van der Waals surface area contributed by atoms with E-state index in [0.29, 0.717) is 6.04 Å².